The van der Waals surface area contributed by atoms with Gasteiger partial charge < -0.3 is 10.0 Å². The van der Waals surface area contributed by atoms with E-state index < -0.39 is 5.97 Å². The molecule has 7 heteroatoms. The fourth-order valence-corrected chi connectivity index (χ4v) is 2.45. The van der Waals surface area contributed by atoms with Crippen LogP contribution in [-0.4, -0.2) is 45.3 Å². The molecule has 2 rings (SSSR count). The summed E-state index contributed by atoms with van der Waals surface area (Å²) in [7, 11) is 1.65. The molecule has 1 heterocycles. The lowest BCUT2D eigenvalue weighted by Gasteiger charge is -2.16. The smallest absolute Gasteiger partial charge is 0.303 e. The van der Waals surface area contributed by atoms with E-state index in [-0.39, 0.29) is 12.3 Å². The fourth-order valence-electron chi connectivity index (χ4n) is 2.26. The number of carbonyl (C=O) groups is 2. The number of carboxylic acid groups (broad SMARTS) is 1. The molecule has 0 aliphatic carbocycles. The van der Waals surface area contributed by atoms with Gasteiger partial charge in [-0.2, -0.15) is 5.10 Å². The van der Waals surface area contributed by atoms with Crippen molar-refractivity contribution < 1.29 is 14.7 Å². The highest BCUT2D eigenvalue weighted by Crippen LogP contribution is 2.18. The second kappa shape index (κ2) is 7.28. The van der Waals surface area contributed by atoms with E-state index in [0.29, 0.717) is 29.2 Å². The number of carbonyl (C=O) groups excluding carboxylic acids is 1. The zero-order valence-corrected chi connectivity index (χ0v) is 13.7. The minimum atomic E-state index is -0.865. The molecule has 0 aliphatic heterocycles. The van der Waals surface area contributed by atoms with Gasteiger partial charge in [0.15, 0.2) is 0 Å². The number of hydrogen-bond acceptors (Lipinski definition) is 3. The maximum absolute atomic E-state index is 12.5. The van der Waals surface area contributed by atoms with Gasteiger partial charge in [0.1, 0.15) is 0 Å². The van der Waals surface area contributed by atoms with Crippen molar-refractivity contribution in [1.82, 2.24) is 14.7 Å². The topological polar surface area (TPSA) is 75.4 Å². The molecule has 0 fully saturated rings. The van der Waals surface area contributed by atoms with Crippen molar-refractivity contribution in [1.29, 1.82) is 0 Å². The molecule has 122 valence electrons. The summed E-state index contributed by atoms with van der Waals surface area (Å²) in [6.07, 6.45) is 1.98. The summed E-state index contributed by atoms with van der Waals surface area (Å²) < 4.78 is 1.66. The third-order valence-corrected chi connectivity index (χ3v) is 3.76. The Morgan fingerprint density at radius 2 is 2.13 bits per heavy atom. The van der Waals surface area contributed by atoms with Gasteiger partial charge in [-0.1, -0.05) is 17.7 Å². The van der Waals surface area contributed by atoms with Gasteiger partial charge >= 0.3 is 5.97 Å². The lowest BCUT2D eigenvalue weighted by atomic mass is 10.2. The molecule has 0 saturated carbocycles. The number of aromatic nitrogens is 2. The van der Waals surface area contributed by atoms with Crippen molar-refractivity contribution in [2.75, 3.05) is 13.6 Å². The molecule has 1 aromatic carbocycles. The average Bonchev–Trinajstić information content (AvgIpc) is 2.87. The first-order valence-corrected chi connectivity index (χ1v) is 7.55. The van der Waals surface area contributed by atoms with E-state index in [0.717, 1.165) is 5.69 Å². The van der Waals surface area contributed by atoms with E-state index in [1.807, 2.05) is 19.1 Å². The van der Waals surface area contributed by atoms with Gasteiger partial charge in [0.2, 0.25) is 0 Å². The van der Waals surface area contributed by atoms with E-state index in [1.165, 1.54) is 11.1 Å². The predicted molar refractivity (Wildman–Crippen MR) is 87.1 cm³/mol. The highest BCUT2D eigenvalue weighted by Gasteiger charge is 2.18. The number of aliphatic carboxylic acids is 1. The average molecular weight is 336 g/mol. The van der Waals surface area contributed by atoms with Gasteiger partial charge in [-0.15, -0.1) is 0 Å². The van der Waals surface area contributed by atoms with Gasteiger partial charge in [0.25, 0.3) is 5.91 Å². The molecule has 0 atom stereocenters. The molecule has 0 saturated heterocycles. The summed E-state index contributed by atoms with van der Waals surface area (Å²) in [5, 5.41) is 13.5. The predicted octanol–water partition coefficient (Wildman–Crippen LogP) is 2.77. The van der Waals surface area contributed by atoms with Crippen molar-refractivity contribution in [3.63, 3.8) is 0 Å². The van der Waals surface area contributed by atoms with Crippen LogP contribution in [0.4, 0.5) is 0 Å². The van der Waals surface area contributed by atoms with Crippen LogP contribution in [0, 0.1) is 6.92 Å². The summed E-state index contributed by atoms with van der Waals surface area (Å²) in [5.74, 6) is -1.04. The Morgan fingerprint density at radius 1 is 1.39 bits per heavy atom. The van der Waals surface area contributed by atoms with Crippen LogP contribution in [0.5, 0.6) is 0 Å². The van der Waals surface area contributed by atoms with Crippen LogP contribution in [0.3, 0.4) is 0 Å². The number of nitrogens with zero attached hydrogens (tertiary/aromatic N) is 3. The highest BCUT2D eigenvalue weighted by molar-refractivity contribution is 6.30. The zero-order chi connectivity index (χ0) is 17.0. The summed E-state index contributed by atoms with van der Waals surface area (Å²) in [5.41, 5.74) is 1.98. The standard InChI is InChI=1S/C16H18ClN3O3/c1-11-14(16(23)19(2)8-4-7-15(21)22)10-18-20(11)13-6-3-5-12(17)9-13/h3,5-6,9-10H,4,7-8H2,1-2H3,(H,21,22). The third kappa shape index (κ3) is 4.10. The van der Waals surface area contributed by atoms with Gasteiger partial charge in [0, 0.05) is 25.0 Å². The molecule has 0 spiro atoms. The lowest BCUT2D eigenvalue weighted by Crippen LogP contribution is -2.28. The van der Waals surface area contributed by atoms with Crippen LogP contribution >= 0.6 is 11.6 Å². The summed E-state index contributed by atoms with van der Waals surface area (Å²) in [4.78, 5) is 24.5. The summed E-state index contributed by atoms with van der Waals surface area (Å²) in [6, 6.07) is 7.22. The fraction of sp³-hybridized carbons (Fsp3) is 0.312. The zero-order valence-electron chi connectivity index (χ0n) is 13.0. The van der Waals surface area contributed by atoms with Crippen molar-refractivity contribution in [3.8, 4) is 5.69 Å². The number of carboxylic acids is 1. The second-order valence-electron chi connectivity index (χ2n) is 5.26. The summed E-state index contributed by atoms with van der Waals surface area (Å²) >= 11 is 5.99. The van der Waals surface area contributed by atoms with Gasteiger partial charge in [0.05, 0.1) is 23.1 Å². The maximum Gasteiger partial charge on any atom is 0.303 e. The van der Waals surface area contributed by atoms with Crippen LogP contribution < -0.4 is 0 Å². The van der Waals surface area contributed by atoms with E-state index in [1.54, 1.807) is 23.9 Å². The Balaban J connectivity index is 2.15. The van der Waals surface area contributed by atoms with Crippen LogP contribution in [-0.2, 0) is 4.79 Å². The van der Waals surface area contributed by atoms with E-state index in [2.05, 4.69) is 5.10 Å². The Kier molecular flexibility index (Phi) is 5.39. The molecule has 0 bridgehead atoms. The van der Waals surface area contributed by atoms with Gasteiger partial charge in [-0.25, -0.2) is 4.68 Å². The Hall–Kier alpha value is -2.34. The highest BCUT2D eigenvalue weighted by atomic mass is 35.5. The lowest BCUT2D eigenvalue weighted by molar-refractivity contribution is -0.137. The number of amides is 1. The van der Waals surface area contributed by atoms with Crippen molar-refractivity contribution in [2.24, 2.45) is 0 Å². The maximum atomic E-state index is 12.5. The molecule has 6 nitrogen and oxygen atoms in total. The first-order valence-electron chi connectivity index (χ1n) is 7.18. The minimum Gasteiger partial charge on any atom is -0.481 e. The Labute approximate surface area is 139 Å². The summed E-state index contributed by atoms with van der Waals surface area (Å²) in [6.45, 7) is 2.19. The normalized spacial score (nSPS) is 10.6. The first kappa shape index (κ1) is 17.0. The molecule has 23 heavy (non-hydrogen) atoms. The second-order valence-corrected chi connectivity index (χ2v) is 5.70. The van der Waals surface area contributed by atoms with Crippen LogP contribution in [0.15, 0.2) is 30.5 Å². The molecule has 1 amide bonds. The molecule has 1 N–H and O–H groups in total. The minimum absolute atomic E-state index is 0.0401. The van der Waals surface area contributed by atoms with E-state index in [4.69, 9.17) is 16.7 Å². The van der Waals surface area contributed by atoms with Gasteiger partial charge in [-0.05, 0) is 31.5 Å². The Bertz CT molecular complexity index is 727. The molecule has 0 aliphatic rings. The molecule has 0 radical (unpaired) electrons. The van der Waals surface area contributed by atoms with Crippen molar-refractivity contribution >= 4 is 23.5 Å². The number of hydrogen-bond donors (Lipinski definition) is 1. The largest absolute Gasteiger partial charge is 0.481 e. The number of rotatable bonds is 6. The monoisotopic (exact) mass is 335 g/mol. The van der Waals surface area contributed by atoms with Crippen LogP contribution in [0.1, 0.15) is 28.9 Å². The van der Waals surface area contributed by atoms with Crippen LogP contribution in [0.2, 0.25) is 5.02 Å². The molecular formula is C16H18ClN3O3. The number of benzene rings is 1. The Morgan fingerprint density at radius 3 is 2.78 bits per heavy atom. The number of halogens is 1. The molecule has 1 aromatic heterocycles. The van der Waals surface area contributed by atoms with Crippen molar-refractivity contribution in [2.45, 2.75) is 19.8 Å². The molecule has 2 aromatic rings. The van der Waals surface area contributed by atoms with Crippen molar-refractivity contribution in [3.05, 3.63) is 46.7 Å². The SMILES string of the molecule is Cc1c(C(=O)N(C)CCCC(=O)O)cnn1-c1cccc(Cl)c1. The van der Waals surface area contributed by atoms with E-state index >= 15 is 0 Å². The van der Waals surface area contributed by atoms with Gasteiger partial charge in [-0.3, -0.25) is 9.59 Å². The van der Waals surface area contributed by atoms with E-state index in [9.17, 15) is 9.59 Å². The molecular weight excluding hydrogens is 318 g/mol. The molecule has 0 unspecified atom stereocenters. The third-order valence-electron chi connectivity index (χ3n) is 3.52. The van der Waals surface area contributed by atoms with Crippen LogP contribution in [0.25, 0.3) is 5.69 Å². The first-order chi connectivity index (χ1) is 10.9. The quantitative estimate of drug-likeness (QED) is 0.880.